The zero-order valence-electron chi connectivity index (χ0n) is 10.9. The lowest BCUT2D eigenvalue weighted by Gasteiger charge is -2.30. The van der Waals surface area contributed by atoms with Gasteiger partial charge in [-0.1, -0.05) is 19.9 Å². The molecule has 1 aromatic carbocycles. The Morgan fingerprint density at radius 3 is 2.83 bits per heavy atom. The van der Waals surface area contributed by atoms with E-state index in [1.807, 2.05) is 12.1 Å². The third-order valence-corrected chi connectivity index (χ3v) is 4.60. The highest BCUT2D eigenvalue weighted by molar-refractivity contribution is 9.10. The summed E-state index contributed by atoms with van der Waals surface area (Å²) < 4.78 is 14.9. The number of hydrogen-bond donors (Lipinski definition) is 1. The molecule has 1 aromatic rings. The van der Waals surface area contributed by atoms with Crippen LogP contribution < -0.4 is 10.6 Å². The molecule has 2 rings (SSSR count). The molecule has 1 atom stereocenters. The van der Waals surface area contributed by atoms with Crippen LogP contribution in [0.5, 0.6) is 0 Å². The summed E-state index contributed by atoms with van der Waals surface area (Å²) in [5.74, 6) is 0.366. The maximum absolute atomic E-state index is 14.4. The third kappa shape index (κ3) is 2.41. The Kier molecular flexibility index (Phi) is 4.28. The van der Waals surface area contributed by atoms with Gasteiger partial charge in [-0.3, -0.25) is 0 Å². The van der Waals surface area contributed by atoms with Crippen LogP contribution in [-0.4, -0.2) is 12.6 Å². The second kappa shape index (κ2) is 5.57. The fraction of sp³-hybridized carbons (Fsp3) is 0.571. The van der Waals surface area contributed by atoms with Gasteiger partial charge in [0.2, 0.25) is 0 Å². The van der Waals surface area contributed by atoms with Crippen molar-refractivity contribution in [2.75, 3.05) is 11.4 Å². The Morgan fingerprint density at radius 2 is 2.22 bits per heavy atom. The second-order valence-corrected chi connectivity index (χ2v) is 6.02. The Bertz CT molecular complexity index is 434. The van der Waals surface area contributed by atoms with Gasteiger partial charge in [0.05, 0.1) is 10.2 Å². The Balaban J connectivity index is 2.36. The fourth-order valence-electron chi connectivity index (χ4n) is 2.74. The molecule has 0 saturated carbocycles. The monoisotopic (exact) mass is 314 g/mol. The zero-order chi connectivity index (χ0) is 13.3. The first-order chi connectivity index (χ1) is 8.56. The Morgan fingerprint density at radius 1 is 1.50 bits per heavy atom. The van der Waals surface area contributed by atoms with Gasteiger partial charge in [0.15, 0.2) is 5.82 Å². The number of anilines is 1. The summed E-state index contributed by atoms with van der Waals surface area (Å²) in [6.45, 7) is 5.69. The minimum absolute atomic E-state index is 0.175. The van der Waals surface area contributed by atoms with E-state index in [4.69, 9.17) is 5.73 Å². The summed E-state index contributed by atoms with van der Waals surface area (Å²) in [6.07, 6.45) is 2.28. The van der Waals surface area contributed by atoms with E-state index in [0.29, 0.717) is 28.7 Å². The van der Waals surface area contributed by atoms with Crippen LogP contribution in [-0.2, 0) is 6.54 Å². The SMILES string of the molecule is CC(C)C1CCCN1c1ccc(CN)c(Br)c1F. The molecule has 4 heteroatoms. The minimum Gasteiger partial charge on any atom is -0.366 e. The molecular weight excluding hydrogens is 295 g/mol. The molecule has 2 nitrogen and oxygen atoms in total. The van der Waals surface area contributed by atoms with Crippen LogP contribution in [0.3, 0.4) is 0 Å². The molecule has 2 N–H and O–H groups in total. The van der Waals surface area contributed by atoms with E-state index in [9.17, 15) is 4.39 Å². The molecule has 0 aromatic heterocycles. The minimum atomic E-state index is -0.175. The van der Waals surface area contributed by atoms with Crippen molar-refractivity contribution >= 4 is 21.6 Å². The standard InChI is InChI=1S/C14H20BrFN2/c1-9(2)11-4-3-7-18(11)12-6-5-10(8-17)13(15)14(12)16/h5-6,9,11H,3-4,7-8,17H2,1-2H3. The van der Waals surface area contributed by atoms with Gasteiger partial charge in [-0.25, -0.2) is 4.39 Å². The van der Waals surface area contributed by atoms with Gasteiger partial charge >= 0.3 is 0 Å². The van der Waals surface area contributed by atoms with E-state index >= 15 is 0 Å². The maximum Gasteiger partial charge on any atom is 0.160 e. The molecule has 1 saturated heterocycles. The molecule has 18 heavy (non-hydrogen) atoms. The van der Waals surface area contributed by atoms with Crippen LogP contribution in [0, 0.1) is 11.7 Å². The Labute approximate surface area is 116 Å². The molecule has 1 aliphatic rings. The van der Waals surface area contributed by atoms with Crippen molar-refractivity contribution in [3.63, 3.8) is 0 Å². The molecule has 0 radical (unpaired) electrons. The lowest BCUT2D eigenvalue weighted by molar-refractivity contribution is 0.485. The molecule has 0 bridgehead atoms. The van der Waals surface area contributed by atoms with Crippen molar-refractivity contribution < 1.29 is 4.39 Å². The van der Waals surface area contributed by atoms with Crippen LogP contribution >= 0.6 is 15.9 Å². The molecule has 0 spiro atoms. The number of rotatable bonds is 3. The van der Waals surface area contributed by atoms with Crippen molar-refractivity contribution in [3.8, 4) is 0 Å². The molecular formula is C14H20BrFN2. The molecule has 0 aliphatic carbocycles. The first-order valence-electron chi connectivity index (χ1n) is 6.49. The van der Waals surface area contributed by atoms with Crippen LogP contribution in [0.25, 0.3) is 0 Å². The van der Waals surface area contributed by atoms with Gasteiger partial charge in [-0.05, 0) is 46.3 Å². The normalized spacial score (nSPS) is 19.9. The van der Waals surface area contributed by atoms with Crippen molar-refractivity contribution in [2.45, 2.75) is 39.3 Å². The largest absolute Gasteiger partial charge is 0.366 e. The highest BCUT2D eigenvalue weighted by atomic mass is 79.9. The quantitative estimate of drug-likeness (QED) is 0.922. The van der Waals surface area contributed by atoms with Crippen molar-refractivity contribution in [1.29, 1.82) is 0 Å². The smallest absolute Gasteiger partial charge is 0.160 e. The van der Waals surface area contributed by atoms with Crippen molar-refractivity contribution in [3.05, 3.63) is 28.0 Å². The van der Waals surface area contributed by atoms with Crippen molar-refractivity contribution in [2.24, 2.45) is 11.7 Å². The topological polar surface area (TPSA) is 29.3 Å². The molecule has 1 heterocycles. The highest BCUT2D eigenvalue weighted by Gasteiger charge is 2.29. The number of nitrogens with zero attached hydrogens (tertiary/aromatic N) is 1. The van der Waals surface area contributed by atoms with E-state index in [-0.39, 0.29) is 5.82 Å². The summed E-state index contributed by atoms with van der Waals surface area (Å²) in [4.78, 5) is 2.20. The summed E-state index contributed by atoms with van der Waals surface area (Å²) >= 11 is 3.31. The lowest BCUT2D eigenvalue weighted by atomic mass is 10.0. The lowest BCUT2D eigenvalue weighted by Crippen LogP contribution is -2.34. The molecule has 1 unspecified atom stereocenters. The summed E-state index contributed by atoms with van der Waals surface area (Å²) in [7, 11) is 0. The first-order valence-corrected chi connectivity index (χ1v) is 7.29. The summed E-state index contributed by atoms with van der Waals surface area (Å²) in [5, 5.41) is 0. The van der Waals surface area contributed by atoms with E-state index in [1.165, 1.54) is 0 Å². The molecule has 1 aliphatic heterocycles. The highest BCUT2D eigenvalue weighted by Crippen LogP contribution is 2.35. The molecule has 1 fully saturated rings. The summed E-state index contributed by atoms with van der Waals surface area (Å²) in [5.41, 5.74) is 7.11. The molecule has 100 valence electrons. The second-order valence-electron chi connectivity index (χ2n) is 5.22. The van der Waals surface area contributed by atoms with Gasteiger partial charge in [-0.15, -0.1) is 0 Å². The van der Waals surface area contributed by atoms with E-state index in [2.05, 4.69) is 34.7 Å². The maximum atomic E-state index is 14.4. The number of nitrogens with two attached hydrogens (primary N) is 1. The van der Waals surface area contributed by atoms with Crippen LogP contribution in [0.1, 0.15) is 32.3 Å². The van der Waals surface area contributed by atoms with Gasteiger partial charge in [0.25, 0.3) is 0 Å². The van der Waals surface area contributed by atoms with Crippen LogP contribution in [0.2, 0.25) is 0 Å². The average molecular weight is 315 g/mol. The van der Waals surface area contributed by atoms with E-state index in [0.717, 1.165) is 24.9 Å². The first kappa shape index (κ1) is 13.8. The number of benzene rings is 1. The van der Waals surface area contributed by atoms with Gasteiger partial charge in [0.1, 0.15) is 0 Å². The molecule has 0 amide bonds. The fourth-order valence-corrected chi connectivity index (χ4v) is 3.24. The predicted octanol–water partition coefficient (Wildman–Crippen LogP) is 3.67. The van der Waals surface area contributed by atoms with Crippen LogP contribution in [0.15, 0.2) is 16.6 Å². The summed E-state index contributed by atoms with van der Waals surface area (Å²) in [6, 6.07) is 4.22. The third-order valence-electron chi connectivity index (χ3n) is 3.74. The average Bonchev–Trinajstić information content (AvgIpc) is 2.81. The van der Waals surface area contributed by atoms with Gasteiger partial charge in [-0.2, -0.15) is 0 Å². The van der Waals surface area contributed by atoms with Crippen molar-refractivity contribution in [1.82, 2.24) is 0 Å². The number of halogens is 2. The van der Waals surface area contributed by atoms with Crippen LogP contribution in [0.4, 0.5) is 10.1 Å². The Hall–Kier alpha value is -0.610. The van der Waals surface area contributed by atoms with E-state index in [1.54, 1.807) is 0 Å². The predicted molar refractivity (Wildman–Crippen MR) is 77.2 cm³/mol. The zero-order valence-corrected chi connectivity index (χ0v) is 12.5. The van der Waals surface area contributed by atoms with Gasteiger partial charge < -0.3 is 10.6 Å². The van der Waals surface area contributed by atoms with Gasteiger partial charge in [0, 0.05) is 19.1 Å². The van der Waals surface area contributed by atoms with E-state index < -0.39 is 0 Å². The number of hydrogen-bond acceptors (Lipinski definition) is 2.